The van der Waals surface area contributed by atoms with E-state index in [9.17, 15) is 10.2 Å². The summed E-state index contributed by atoms with van der Waals surface area (Å²) in [7, 11) is 0. The average molecular weight is 369 g/mol. The van der Waals surface area contributed by atoms with Gasteiger partial charge < -0.3 is 15.5 Å². The second-order valence-electron chi connectivity index (χ2n) is 7.04. The zero-order chi connectivity index (χ0) is 18.3. The highest BCUT2D eigenvalue weighted by molar-refractivity contribution is 7.17. The van der Waals surface area contributed by atoms with E-state index in [1.54, 1.807) is 11.3 Å². The molecule has 5 nitrogen and oxygen atoms in total. The summed E-state index contributed by atoms with van der Waals surface area (Å²) in [5.74, 6) is 0.970. The first-order chi connectivity index (χ1) is 12.6. The molecule has 0 bridgehead atoms. The van der Waals surface area contributed by atoms with E-state index in [2.05, 4.69) is 15.5 Å². The molecule has 1 aliphatic rings. The van der Waals surface area contributed by atoms with E-state index in [1.165, 1.54) is 0 Å². The quantitative estimate of drug-likeness (QED) is 0.638. The summed E-state index contributed by atoms with van der Waals surface area (Å²) in [6, 6.07) is 5.87. The number of nitrogens with one attached hydrogen (secondary N) is 1. The van der Waals surface area contributed by atoms with Crippen LogP contribution in [0.2, 0.25) is 0 Å². The summed E-state index contributed by atoms with van der Waals surface area (Å²) in [6.07, 6.45) is 3.63. The van der Waals surface area contributed by atoms with Crippen LogP contribution in [0.4, 0.5) is 5.82 Å². The lowest BCUT2D eigenvalue weighted by atomic mass is 9.92. The average Bonchev–Trinajstić information content (AvgIpc) is 3.12. The molecule has 1 aliphatic carbocycles. The van der Waals surface area contributed by atoms with Crippen molar-refractivity contribution in [3.8, 4) is 17.0 Å². The third kappa shape index (κ3) is 2.93. The predicted octanol–water partition coefficient (Wildman–Crippen LogP) is 4.40. The second-order valence-corrected chi connectivity index (χ2v) is 7.99. The number of phenols is 1. The van der Waals surface area contributed by atoms with Crippen molar-refractivity contribution in [3.05, 3.63) is 34.7 Å². The first-order valence-corrected chi connectivity index (χ1v) is 9.92. The van der Waals surface area contributed by atoms with Crippen molar-refractivity contribution in [2.24, 2.45) is 0 Å². The Morgan fingerprint density at radius 1 is 1.08 bits per heavy atom. The third-order valence-corrected chi connectivity index (χ3v) is 6.32. The van der Waals surface area contributed by atoms with E-state index in [4.69, 9.17) is 0 Å². The van der Waals surface area contributed by atoms with Gasteiger partial charge in [-0.15, -0.1) is 21.5 Å². The van der Waals surface area contributed by atoms with Crippen LogP contribution in [0.15, 0.2) is 23.6 Å². The lowest BCUT2D eigenvalue weighted by molar-refractivity contribution is 0.116. The molecule has 2 atom stereocenters. The molecule has 2 aromatic heterocycles. The van der Waals surface area contributed by atoms with E-state index < -0.39 is 0 Å². The molecule has 0 spiro atoms. The summed E-state index contributed by atoms with van der Waals surface area (Å²) in [6.45, 7) is 4.00. The molecule has 0 aliphatic heterocycles. The molecule has 4 rings (SSSR count). The minimum absolute atomic E-state index is 0.0255. The number of benzene rings is 1. The number of fused-ring (bicyclic) bond motifs is 1. The number of nitrogens with zero attached hydrogens (tertiary/aromatic N) is 2. The fraction of sp³-hybridized carbons (Fsp3) is 0.400. The number of hydrogen-bond acceptors (Lipinski definition) is 6. The third-order valence-electron chi connectivity index (χ3n) is 5.44. The van der Waals surface area contributed by atoms with Gasteiger partial charge in [-0.05, 0) is 61.4 Å². The van der Waals surface area contributed by atoms with Crippen molar-refractivity contribution in [1.29, 1.82) is 0 Å². The molecule has 2 heterocycles. The van der Waals surface area contributed by atoms with Gasteiger partial charge in [0.05, 0.1) is 17.8 Å². The molecule has 26 heavy (non-hydrogen) atoms. The Labute approximate surface area is 156 Å². The van der Waals surface area contributed by atoms with Gasteiger partial charge in [0.25, 0.3) is 0 Å². The van der Waals surface area contributed by atoms with Gasteiger partial charge in [0.15, 0.2) is 5.82 Å². The van der Waals surface area contributed by atoms with Crippen LogP contribution in [0.25, 0.3) is 21.3 Å². The molecule has 1 saturated carbocycles. The summed E-state index contributed by atoms with van der Waals surface area (Å²) in [5.41, 5.74) is 3.38. The van der Waals surface area contributed by atoms with Gasteiger partial charge >= 0.3 is 0 Å². The Morgan fingerprint density at radius 3 is 2.69 bits per heavy atom. The van der Waals surface area contributed by atoms with Crippen LogP contribution in [-0.2, 0) is 0 Å². The maximum absolute atomic E-state index is 10.7. The van der Waals surface area contributed by atoms with Crippen LogP contribution in [0, 0.1) is 13.8 Å². The summed E-state index contributed by atoms with van der Waals surface area (Å²) in [5, 5.41) is 35.8. The maximum atomic E-state index is 10.7. The number of hydrogen-bond donors (Lipinski definition) is 3. The van der Waals surface area contributed by atoms with Crippen LogP contribution in [0.1, 0.15) is 36.8 Å². The predicted molar refractivity (Wildman–Crippen MR) is 106 cm³/mol. The van der Waals surface area contributed by atoms with E-state index in [0.29, 0.717) is 17.1 Å². The summed E-state index contributed by atoms with van der Waals surface area (Å²) in [4.78, 5) is 0. The van der Waals surface area contributed by atoms with Gasteiger partial charge in [0.2, 0.25) is 0 Å². The van der Waals surface area contributed by atoms with Gasteiger partial charge in [0.1, 0.15) is 5.75 Å². The molecule has 3 N–H and O–H groups in total. The fourth-order valence-electron chi connectivity index (χ4n) is 3.67. The lowest BCUT2D eigenvalue weighted by Crippen LogP contribution is -2.36. The number of phenolic OH excluding ortho intramolecular Hbond substituents is 1. The molecular formula is C20H23N3O2S. The monoisotopic (exact) mass is 369 g/mol. The summed E-state index contributed by atoms with van der Waals surface area (Å²) < 4.78 is 1.05. The van der Waals surface area contributed by atoms with Gasteiger partial charge in [0, 0.05) is 15.6 Å². The van der Waals surface area contributed by atoms with Gasteiger partial charge in [-0.2, -0.15) is 0 Å². The van der Waals surface area contributed by atoms with Gasteiger partial charge in [-0.1, -0.05) is 12.8 Å². The normalized spacial score (nSPS) is 20.4. The van der Waals surface area contributed by atoms with E-state index in [1.807, 2.05) is 37.4 Å². The Hall–Kier alpha value is -2.18. The van der Waals surface area contributed by atoms with Crippen LogP contribution >= 0.6 is 11.3 Å². The van der Waals surface area contributed by atoms with Crippen molar-refractivity contribution in [2.45, 2.75) is 51.7 Å². The Bertz CT molecular complexity index is 954. The van der Waals surface area contributed by atoms with Crippen LogP contribution in [-0.4, -0.2) is 32.6 Å². The smallest absolute Gasteiger partial charge is 0.152 e. The Kier molecular flexibility index (Phi) is 4.54. The molecule has 0 saturated heterocycles. The van der Waals surface area contributed by atoms with Gasteiger partial charge in [-0.3, -0.25) is 0 Å². The number of aromatic hydroxyl groups is 1. The Balaban J connectivity index is 1.70. The van der Waals surface area contributed by atoms with Crippen molar-refractivity contribution >= 4 is 27.2 Å². The molecule has 0 amide bonds. The highest BCUT2D eigenvalue weighted by Crippen LogP contribution is 2.39. The number of aliphatic hydroxyl groups is 1. The van der Waals surface area contributed by atoms with Crippen LogP contribution in [0.3, 0.4) is 0 Å². The minimum atomic E-state index is -0.338. The summed E-state index contributed by atoms with van der Waals surface area (Å²) >= 11 is 1.61. The van der Waals surface area contributed by atoms with Gasteiger partial charge in [-0.25, -0.2) is 0 Å². The van der Waals surface area contributed by atoms with E-state index in [-0.39, 0.29) is 17.9 Å². The topological polar surface area (TPSA) is 78.3 Å². The molecule has 1 fully saturated rings. The number of thiophene rings is 1. The standard InChI is InChI=1S/C20H23N3O2S/c1-11-12(2)20(21-15-5-3-4-6-16(15)24)23-22-18(11)14-7-8-17-13(19(14)25)9-10-26-17/h7-10,15-16,24-25H,3-6H2,1-2H3,(H,21,23)/t15-,16-/m1/s1. The zero-order valence-corrected chi connectivity index (χ0v) is 15.8. The first-order valence-electron chi connectivity index (χ1n) is 9.04. The van der Waals surface area contributed by atoms with Crippen LogP contribution < -0.4 is 5.32 Å². The number of rotatable bonds is 3. The molecule has 0 radical (unpaired) electrons. The fourth-order valence-corrected chi connectivity index (χ4v) is 4.46. The highest BCUT2D eigenvalue weighted by Gasteiger charge is 2.24. The first kappa shape index (κ1) is 17.2. The Morgan fingerprint density at radius 2 is 1.88 bits per heavy atom. The second kappa shape index (κ2) is 6.85. The maximum Gasteiger partial charge on any atom is 0.152 e. The molecule has 136 valence electrons. The van der Waals surface area contributed by atoms with E-state index in [0.717, 1.165) is 46.9 Å². The minimum Gasteiger partial charge on any atom is -0.507 e. The van der Waals surface area contributed by atoms with Crippen molar-refractivity contribution < 1.29 is 10.2 Å². The molecule has 3 aromatic rings. The molecular weight excluding hydrogens is 346 g/mol. The number of aromatic nitrogens is 2. The number of anilines is 1. The lowest BCUT2D eigenvalue weighted by Gasteiger charge is -2.29. The zero-order valence-electron chi connectivity index (χ0n) is 15.0. The SMILES string of the molecule is Cc1c(N[C@@H]2CCCC[C@H]2O)nnc(-c2ccc3sccc3c2O)c1C. The number of aliphatic hydroxyl groups excluding tert-OH is 1. The largest absolute Gasteiger partial charge is 0.507 e. The molecule has 0 unspecified atom stereocenters. The van der Waals surface area contributed by atoms with Crippen molar-refractivity contribution in [1.82, 2.24) is 10.2 Å². The highest BCUT2D eigenvalue weighted by atomic mass is 32.1. The molecule has 1 aromatic carbocycles. The van der Waals surface area contributed by atoms with E-state index >= 15 is 0 Å². The molecule has 6 heteroatoms. The van der Waals surface area contributed by atoms with Crippen molar-refractivity contribution in [3.63, 3.8) is 0 Å². The van der Waals surface area contributed by atoms with Crippen molar-refractivity contribution in [2.75, 3.05) is 5.32 Å². The van der Waals surface area contributed by atoms with Crippen LogP contribution in [0.5, 0.6) is 5.75 Å².